The molecule has 1 aromatic rings. The largest absolute Gasteiger partial charge is 0.275 e. The molecule has 1 nitrogen and oxygen atoms in total. The Morgan fingerprint density at radius 3 is 2.80 bits per heavy atom. The molecule has 0 aliphatic carbocycles. The SMILES string of the molecule is CCc1csc(C(=O)Cl)c1. The Bertz CT molecular complexity index is 242. The average Bonchev–Trinajstić information content (AvgIpc) is 2.34. The van der Waals surface area contributed by atoms with Gasteiger partial charge >= 0.3 is 0 Å². The number of carbonyl (C=O) groups excluding carboxylic acids is 1. The Balaban J connectivity index is 2.88. The molecule has 0 atom stereocenters. The van der Waals surface area contributed by atoms with Gasteiger partial charge in [-0.1, -0.05) is 6.92 Å². The summed E-state index contributed by atoms with van der Waals surface area (Å²) < 4.78 is 0. The normalized spacial score (nSPS) is 9.80. The second-order valence-corrected chi connectivity index (χ2v) is 3.20. The summed E-state index contributed by atoms with van der Waals surface area (Å²) in [5.41, 5.74) is 1.18. The van der Waals surface area contributed by atoms with Crippen LogP contribution in [0.5, 0.6) is 0 Å². The first-order chi connectivity index (χ1) is 4.74. The van der Waals surface area contributed by atoms with E-state index < -0.39 is 0 Å². The van der Waals surface area contributed by atoms with Gasteiger partial charge in [0.05, 0.1) is 4.88 Å². The summed E-state index contributed by atoms with van der Waals surface area (Å²) in [5.74, 6) is 0. The minimum atomic E-state index is -0.357. The smallest absolute Gasteiger partial charge is 0.262 e. The Hall–Kier alpha value is -0.340. The van der Waals surface area contributed by atoms with Gasteiger partial charge in [-0.3, -0.25) is 4.79 Å². The van der Waals surface area contributed by atoms with Crippen LogP contribution in [0.3, 0.4) is 0 Å². The lowest BCUT2D eigenvalue weighted by Crippen LogP contribution is -1.80. The van der Waals surface area contributed by atoms with Crippen molar-refractivity contribution in [2.24, 2.45) is 0 Å². The summed E-state index contributed by atoms with van der Waals surface area (Å²) in [7, 11) is 0. The van der Waals surface area contributed by atoms with E-state index in [0.29, 0.717) is 4.88 Å². The molecule has 1 aromatic heterocycles. The predicted octanol–water partition coefficient (Wildman–Crippen LogP) is 2.69. The van der Waals surface area contributed by atoms with Gasteiger partial charge in [0.2, 0.25) is 0 Å². The van der Waals surface area contributed by atoms with Gasteiger partial charge in [-0.2, -0.15) is 0 Å². The number of carbonyl (C=O) groups is 1. The van der Waals surface area contributed by atoms with E-state index in [9.17, 15) is 4.79 Å². The van der Waals surface area contributed by atoms with Crippen LogP contribution in [0.2, 0.25) is 0 Å². The highest BCUT2D eigenvalue weighted by molar-refractivity contribution is 7.14. The van der Waals surface area contributed by atoms with Crippen molar-refractivity contribution in [1.82, 2.24) is 0 Å². The van der Waals surface area contributed by atoms with Crippen molar-refractivity contribution in [1.29, 1.82) is 0 Å². The van der Waals surface area contributed by atoms with Gasteiger partial charge in [-0.15, -0.1) is 11.3 Å². The first-order valence-electron chi connectivity index (χ1n) is 3.01. The molecule has 0 amide bonds. The zero-order valence-corrected chi connectivity index (χ0v) is 7.13. The Morgan fingerprint density at radius 2 is 2.50 bits per heavy atom. The minimum absolute atomic E-state index is 0.357. The summed E-state index contributed by atoms with van der Waals surface area (Å²) >= 11 is 6.65. The van der Waals surface area contributed by atoms with Crippen molar-refractivity contribution < 1.29 is 4.79 Å². The van der Waals surface area contributed by atoms with E-state index in [2.05, 4.69) is 0 Å². The molecule has 0 aromatic carbocycles. The van der Waals surface area contributed by atoms with Crippen LogP contribution < -0.4 is 0 Å². The molecule has 3 heteroatoms. The van der Waals surface area contributed by atoms with Crippen molar-refractivity contribution in [2.45, 2.75) is 13.3 Å². The maximum absolute atomic E-state index is 10.6. The highest BCUT2D eigenvalue weighted by Gasteiger charge is 2.03. The fourth-order valence-corrected chi connectivity index (χ4v) is 1.68. The Kier molecular flexibility index (Phi) is 2.46. The molecule has 54 valence electrons. The lowest BCUT2D eigenvalue weighted by molar-refractivity contribution is 0.108. The number of halogens is 1. The maximum Gasteiger partial charge on any atom is 0.262 e. The van der Waals surface area contributed by atoms with Crippen LogP contribution in [-0.2, 0) is 6.42 Å². The van der Waals surface area contributed by atoms with Gasteiger partial charge in [0.1, 0.15) is 0 Å². The number of hydrogen-bond donors (Lipinski definition) is 0. The zero-order chi connectivity index (χ0) is 7.56. The number of rotatable bonds is 2. The van der Waals surface area contributed by atoms with Crippen molar-refractivity contribution in [3.8, 4) is 0 Å². The molecule has 0 fully saturated rings. The van der Waals surface area contributed by atoms with Crippen molar-refractivity contribution in [3.63, 3.8) is 0 Å². The standard InChI is InChI=1S/C7H7ClOS/c1-2-5-3-6(7(8)9)10-4-5/h3-4H,2H2,1H3. The molecule has 0 bridgehead atoms. The van der Waals surface area contributed by atoms with Gasteiger partial charge in [-0.25, -0.2) is 0 Å². The van der Waals surface area contributed by atoms with Gasteiger partial charge < -0.3 is 0 Å². The van der Waals surface area contributed by atoms with E-state index in [1.165, 1.54) is 16.9 Å². The molecule has 0 saturated carbocycles. The fourth-order valence-electron chi connectivity index (χ4n) is 0.664. The van der Waals surface area contributed by atoms with Crippen molar-refractivity contribution in [2.75, 3.05) is 0 Å². The predicted molar refractivity (Wildman–Crippen MR) is 43.9 cm³/mol. The van der Waals surface area contributed by atoms with Crippen LogP contribution in [-0.4, -0.2) is 5.24 Å². The molecular formula is C7H7ClOS. The van der Waals surface area contributed by atoms with Crippen LogP contribution in [0.1, 0.15) is 22.2 Å². The molecule has 0 saturated heterocycles. The lowest BCUT2D eigenvalue weighted by Gasteiger charge is -1.82. The Morgan fingerprint density at radius 1 is 1.80 bits per heavy atom. The first-order valence-corrected chi connectivity index (χ1v) is 4.27. The highest BCUT2D eigenvalue weighted by atomic mass is 35.5. The van der Waals surface area contributed by atoms with Crippen LogP contribution >= 0.6 is 22.9 Å². The van der Waals surface area contributed by atoms with Crippen molar-refractivity contribution in [3.05, 3.63) is 21.9 Å². The Labute approximate surface area is 68.6 Å². The van der Waals surface area contributed by atoms with E-state index in [-0.39, 0.29) is 5.24 Å². The monoisotopic (exact) mass is 174 g/mol. The second-order valence-electron chi connectivity index (χ2n) is 1.95. The third kappa shape index (κ3) is 1.58. The van der Waals surface area contributed by atoms with E-state index in [0.717, 1.165) is 6.42 Å². The van der Waals surface area contributed by atoms with E-state index >= 15 is 0 Å². The van der Waals surface area contributed by atoms with Crippen LogP contribution in [0, 0.1) is 0 Å². The third-order valence-corrected chi connectivity index (χ3v) is 2.55. The molecule has 1 rings (SSSR count). The third-order valence-electron chi connectivity index (χ3n) is 1.26. The van der Waals surface area contributed by atoms with Crippen LogP contribution in [0.15, 0.2) is 11.4 Å². The van der Waals surface area contributed by atoms with Gasteiger partial charge in [-0.05, 0) is 35.0 Å². The molecule has 10 heavy (non-hydrogen) atoms. The number of hydrogen-bond acceptors (Lipinski definition) is 2. The average molecular weight is 175 g/mol. The molecular weight excluding hydrogens is 168 g/mol. The quantitative estimate of drug-likeness (QED) is 0.631. The summed E-state index contributed by atoms with van der Waals surface area (Å²) in [6.07, 6.45) is 0.959. The van der Waals surface area contributed by atoms with Crippen LogP contribution in [0.25, 0.3) is 0 Å². The highest BCUT2D eigenvalue weighted by Crippen LogP contribution is 2.16. The summed E-state index contributed by atoms with van der Waals surface area (Å²) in [4.78, 5) is 11.2. The second kappa shape index (κ2) is 3.17. The molecule has 0 aliphatic rings. The number of thiophene rings is 1. The van der Waals surface area contributed by atoms with Crippen molar-refractivity contribution >= 4 is 28.2 Å². The molecule has 0 unspecified atom stereocenters. The molecule has 0 N–H and O–H groups in total. The maximum atomic E-state index is 10.6. The lowest BCUT2D eigenvalue weighted by atomic mass is 10.2. The minimum Gasteiger partial charge on any atom is -0.275 e. The molecule has 1 heterocycles. The number of aryl methyl sites for hydroxylation is 1. The fraction of sp³-hybridized carbons (Fsp3) is 0.286. The zero-order valence-electron chi connectivity index (χ0n) is 5.56. The molecule has 0 spiro atoms. The molecule has 0 aliphatic heterocycles. The first kappa shape index (κ1) is 7.76. The van der Waals surface area contributed by atoms with Gasteiger partial charge in [0.15, 0.2) is 0 Å². The van der Waals surface area contributed by atoms with Crippen LogP contribution in [0.4, 0.5) is 0 Å². The van der Waals surface area contributed by atoms with E-state index in [1.807, 2.05) is 18.4 Å². The topological polar surface area (TPSA) is 17.1 Å². The summed E-state index contributed by atoms with van der Waals surface area (Å²) in [6.45, 7) is 2.05. The van der Waals surface area contributed by atoms with E-state index in [1.54, 1.807) is 0 Å². The molecule has 0 radical (unpaired) electrons. The summed E-state index contributed by atoms with van der Waals surface area (Å²) in [5, 5.41) is 1.60. The summed E-state index contributed by atoms with van der Waals surface area (Å²) in [6, 6.07) is 1.83. The van der Waals surface area contributed by atoms with E-state index in [4.69, 9.17) is 11.6 Å². The van der Waals surface area contributed by atoms with Gasteiger partial charge in [0.25, 0.3) is 5.24 Å². The van der Waals surface area contributed by atoms with Gasteiger partial charge in [0, 0.05) is 0 Å².